The largest absolute Gasteiger partial charge is 0.522 e. The maximum absolute atomic E-state index is 14.5. The van der Waals surface area contributed by atoms with Crippen molar-refractivity contribution in [2.24, 2.45) is 0 Å². The van der Waals surface area contributed by atoms with E-state index in [-0.39, 0.29) is 19.3 Å². The Hall–Kier alpha value is -0.733. The zero-order valence-corrected chi connectivity index (χ0v) is 16.4. The van der Waals surface area contributed by atoms with Gasteiger partial charge >= 0.3 is 6.36 Å². The van der Waals surface area contributed by atoms with Crippen LogP contribution in [-0.2, 0) is 9.16 Å². The zero-order valence-electron chi connectivity index (χ0n) is 15.4. The second kappa shape index (κ2) is 13.5. The molecule has 0 fully saturated rings. The van der Waals surface area contributed by atoms with Gasteiger partial charge in [0.2, 0.25) is 5.85 Å². The van der Waals surface area contributed by atoms with Crippen molar-refractivity contribution < 1.29 is 31.1 Å². The summed E-state index contributed by atoms with van der Waals surface area (Å²) in [7, 11) is -1.90. The van der Waals surface area contributed by atoms with Gasteiger partial charge in [-0.1, -0.05) is 32.9 Å². The van der Waals surface area contributed by atoms with Crippen LogP contribution in [0.4, 0.5) is 22.0 Å². The Morgan fingerprint density at radius 3 is 1.64 bits per heavy atom. The third kappa shape index (κ3) is 13.2. The van der Waals surface area contributed by atoms with Gasteiger partial charge in [0, 0.05) is 12.8 Å². The molecule has 0 rings (SSSR count). The molecule has 8 heteroatoms. The molecule has 2 nitrogen and oxygen atoms in total. The molecule has 0 aliphatic rings. The lowest BCUT2D eigenvalue weighted by Gasteiger charge is -2.36. The second-order valence-electron chi connectivity index (χ2n) is 5.55. The van der Waals surface area contributed by atoms with E-state index in [0.717, 1.165) is 18.1 Å². The monoisotopic (exact) mass is 390 g/mol. The Bertz CT molecular complexity index is 339. The molecule has 0 saturated carbocycles. The van der Waals surface area contributed by atoms with Crippen molar-refractivity contribution in [2.45, 2.75) is 70.4 Å². The van der Waals surface area contributed by atoms with Crippen LogP contribution in [0.5, 0.6) is 0 Å². The highest BCUT2D eigenvalue weighted by atomic mass is 28.4. The van der Waals surface area contributed by atoms with Crippen molar-refractivity contribution in [1.29, 1.82) is 0 Å². The average molecular weight is 391 g/mol. The number of ether oxygens (including phenoxy) is 1. The molecular formula is C17H31F5O2Si. The Labute approximate surface area is 149 Å². The summed E-state index contributed by atoms with van der Waals surface area (Å²) < 4.78 is 67.9. The molecule has 0 aromatic heterocycles. The first-order valence-electron chi connectivity index (χ1n) is 8.45. The highest BCUT2D eigenvalue weighted by Gasteiger charge is 2.39. The van der Waals surface area contributed by atoms with Gasteiger partial charge in [-0.2, -0.15) is 0 Å². The third-order valence-electron chi connectivity index (χ3n) is 3.77. The summed E-state index contributed by atoms with van der Waals surface area (Å²) in [5.74, 6) is -1.59. The lowest BCUT2D eigenvalue weighted by atomic mass is 10.1. The first-order valence-corrected chi connectivity index (χ1v) is 11.0. The molecule has 0 atom stereocenters. The molecule has 25 heavy (non-hydrogen) atoms. The molecule has 0 amide bonds. The van der Waals surface area contributed by atoms with E-state index in [1.165, 1.54) is 0 Å². The van der Waals surface area contributed by atoms with Crippen LogP contribution >= 0.6 is 0 Å². The number of hydrogen-bond acceptors (Lipinski definition) is 2. The van der Waals surface area contributed by atoms with Gasteiger partial charge in [-0.15, -0.1) is 26.3 Å². The minimum absolute atomic E-state index is 0.209. The molecule has 0 heterocycles. The van der Waals surface area contributed by atoms with Gasteiger partial charge < -0.3 is 4.43 Å². The fraction of sp³-hybridized carbons (Fsp3) is 0.765. The predicted molar refractivity (Wildman–Crippen MR) is 94.3 cm³/mol. The van der Waals surface area contributed by atoms with Crippen molar-refractivity contribution >= 4 is 8.32 Å². The van der Waals surface area contributed by atoms with E-state index in [9.17, 15) is 22.0 Å². The van der Waals surface area contributed by atoms with Crippen molar-refractivity contribution in [3.8, 4) is 0 Å². The van der Waals surface area contributed by atoms with Crippen LogP contribution in [-0.4, -0.2) is 33.8 Å². The molecule has 0 N–H and O–H groups in total. The van der Waals surface area contributed by atoms with Crippen LogP contribution in [0.1, 0.15) is 40.0 Å². The van der Waals surface area contributed by atoms with Crippen molar-refractivity contribution in [3.63, 3.8) is 0 Å². The smallest absolute Gasteiger partial charge is 0.386 e. The Balaban J connectivity index is 0. The van der Waals surface area contributed by atoms with E-state index in [1.807, 2.05) is 0 Å². The SMILES string of the molecule is C=CCC(F)(CC=C)O[Si](CC)(CC)CC.FCCCOC(F)(F)F. The molecule has 0 bridgehead atoms. The van der Waals surface area contributed by atoms with Gasteiger partial charge in [-0.3, -0.25) is 9.13 Å². The number of rotatable bonds is 12. The molecule has 150 valence electrons. The van der Waals surface area contributed by atoms with Gasteiger partial charge in [-0.05, 0) is 24.6 Å². The molecule has 0 aromatic rings. The van der Waals surface area contributed by atoms with Gasteiger partial charge in [0.15, 0.2) is 8.32 Å². The topological polar surface area (TPSA) is 18.5 Å². The number of hydrogen-bond donors (Lipinski definition) is 0. The van der Waals surface area contributed by atoms with Crippen LogP contribution < -0.4 is 0 Å². The van der Waals surface area contributed by atoms with E-state index in [0.29, 0.717) is 0 Å². The van der Waals surface area contributed by atoms with Crippen LogP contribution in [0, 0.1) is 0 Å². The summed E-state index contributed by atoms with van der Waals surface area (Å²) in [5, 5.41) is 0. The number of halogens is 5. The summed E-state index contributed by atoms with van der Waals surface area (Å²) in [6.07, 6.45) is -1.16. The highest BCUT2D eigenvalue weighted by molar-refractivity contribution is 6.73. The molecule has 0 saturated heterocycles. The standard InChI is InChI=1S/C13H25FOSi.C4H6F4O/c1-6-11-13(14,12-7-2)15-16(8-3,9-4)10-5;5-2-1-3-9-4(6,7)8/h6-7H,1-2,8-12H2,3-5H3;1-3H2. The third-order valence-corrected chi connectivity index (χ3v) is 8.44. The van der Waals surface area contributed by atoms with Crippen molar-refractivity contribution in [1.82, 2.24) is 0 Å². The molecular weight excluding hydrogens is 359 g/mol. The van der Waals surface area contributed by atoms with Gasteiger partial charge in [-0.25, -0.2) is 4.39 Å². The van der Waals surface area contributed by atoms with E-state index in [1.54, 1.807) is 12.2 Å². The Kier molecular flexibility index (Phi) is 14.3. The fourth-order valence-corrected chi connectivity index (χ4v) is 5.07. The molecule has 0 aromatic carbocycles. The van der Waals surface area contributed by atoms with Crippen LogP contribution in [0.2, 0.25) is 18.1 Å². The molecule has 0 radical (unpaired) electrons. The van der Waals surface area contributed by atoms with Gasteiger partial charge in [0.05, 0.1) is 13.3 Å². The van der Waals surface area contributed by atoms with Gasteiger partial charge in [0.1, 0.15) is 0 Å². The minimum Gasteiger partial charge on any atom is -0.386 e. The van der Waals surface area contributed by atoms with Crippen molar-refractivity contribution in [2.75, 3.05) is 13.3 Å². The average Bonchev–Trinajstić information content (AvgIpc) is 2.53. The van der Waals surface area contributed by atoms with Crippen molar-refractivity contribution in [3.05, 3.63) is 25.3 Å². The first kappa shape index (κ1) is 26.5. The van der Waals surface area contributed by atoms with E-state index >= 15 is 0 Å². The Morgan fingerprint density at radius 1 is 0.920 bits per heavy atom. The molecule has 0 spiro atoms. The highest BCUT2D eigenvalue weighted by Crippen LogP contribution is 2.33. The van der Waals surface area contributed by atoms with Crippen LogP contribution in [0.3, 0.4) is 0 Å². The summed E-state index contributed by atoms with van der Waals surface area (Å²) in [4.78, 5) is 0. The zero-order chi connectivity index (χ0) is 20.0. The number of alkyl halides is 5. The van der Waals surface area contributed by atoms with Crippen LogP contribution in [0.15, 0.2) is 25.3 Å². The maximum atomic E-state index is 14.5. The molecule has 0 aliphatic heterocycles. The minimum atomic E-state index is -4.62. The van der Waals surface area contributed by atoms with Crippen LogP contribution in [0.25, 0.3) is 0 Å². The lowest BCUT2D eigenvalue weighted by molar-refractivity contribution is -0.324. The summed E-state index contributed by atoms with van der Waals surface area (Å²) >= 11 is 0. The fourth-order valence-electron chi connectivity index (χ4n) is 2.19. The lowest BCUT2D eigenvalue weighted by Crippen LogP contribution is -2.44. The summed E-state index contributed by atoms with van der Waals surface area (Å²) in [5.41, 5.74) is 0. The van der Waals surface area contributed by atoms with Gasteiger partial charge in [0.25, 0.3) is 0 Å². The molecule has 0 aliphatic carbocycles. The van der Waals surface area contributed by atoms with E-state index in [4.69, 9.17) is 4.43 Å². The predicted octanol–water partition coefficient (Wildman–Crippen LogP) is 6.71. The van der Waals surface area contributed by atoms with E-state index in [2.05, 4.69) is 38.7 Å². The normalized spacial score (nSPS) is 12.3. The summed E-state index contributed by atoms with van der Waals surface area (Å²) in [6, 6.07) is 2.87. The van der Waals surface area contributed by atoms with E-state index < -0.39 is 33.8 Å². The Morgan fingerprint density at radius 2 is 1.36 bits per heavy atom. The first-order chi connectivity index (χ1) is 11.6. The second-order valence-corrected chi connectivity index (χ2v) is 10.2. The quantitative estimate of drug-likeness (QED) is 0.160. The summed E-state index contributed by atoms with van der Waals surface area (Å²) in [6.45, 7) is 12.1. The maximum Gasteiger partial charge on any atom is 0.522 e. The molecule has 0 unspecified atom stereocenters.